The second kappa shape index (κ2) is 7.25. The van der Waals surface area contributed by atoms with E-state index in [0.717, 1.165) is 18.2 Å². The van der Waals surface area contributed by atoms with Crippen LogP contribution in [-0.2, 0) is 9.53 Å². The Morgan fingerprint density at radius 3 is 2.33 bits per heavy atom. The quantitative estimate of drug-likeness (QED) is 0.824. The molecule has 0 saturated carbocycles. The van der Waals surface area contributed by atoms with Crippen LogP contribution >= 0.6 is 0 Å². The first-order valence-electron chi connectivity index (χ1n) is 8.17. The average molecular weight is 338 g/mol. The molecule has 0 aliphatic carbocycles. The fourth-order valence-corrected chi connectivity index (χ4v) is 3.20. The molecule has 0 spiro atoms. The lowest BCUT2D eigenvalue weighted by Gasteiger charge is -2.35. The monoisotopic (exact) mass is 338 g/mol. The van der Waals surface area contributed by atoms with Crippen LogP contribution in [0.3, 0.4) is 0 Å². The number of likely N-dealkylation sites (tertiary alicyclic amines) is 1. The Kier molecular flexibility index (Phi) is 5.08. The molecule has 1 aromatic carbocycles. The molecule has 0 unspecified atom stereocenters. The summed E-state index contributed by atoms with van der Waals surface area (Å²) in [6, 6.07) is 2.86. The summed E-state index contributed by atoms with van der Waals surface area (Å²) < 4.78 is 32.2. The summed E-state index contributed by atoms with van der Waals surface area (Å²) in [5, 5.41) is 0. The van der Waals surface area contributed by atoms with E-state index in [1.54, 1.807) is 4.90 Å². The Morgan fingerprint density at radius 1 is 1.00 bits per heavy atom. The smallest absolute Gasteiger partial charge is 0.256 e. The molecule has 1 aromatic rings. The summed E-state index contributed by atoms with van der Waals surface area (Å²) in [7, 11) is 0. The molecule has 0 aromatic heterocycles. The molecule has 0 atom stereocenters. The van der Waals surface area contributed by atoms with Gasteiger partial charge in [0, 0.05) is 32.1 Å². The van der Waals surface area contributed by atoms with Gasteiger partial charge >= 0.3 is 0 Å². The van der Waals surface area contributed by atoms with E-state index in [4.69, 9.17) is 4.74 Å². The first kappa shape index (κ1) is 16.8. The maximum Gasteiger partial charge on any atom is 0.256 e. The molecule has 2 fully saturated rings. The Bertz CT molecular complexity index is 624. The van der Waals surface area contributed by atoms with Crippen molar-refractivity contribution in [3.63, 3.8) is 0 Å². The molecule has 0 radical (unpaired) electrons. The van der Waals surface area contributed by atoms with Gasteiger partial charge in [-0.25, -0.2) is 8.78 Å². The van der Waals surface area contributed by atoms with Crippen LogP contribution in [0.4, 0.5) is 8.78 Å². The lowest BCUT2D eigenvalue weighted by atomic mass is 9.94. The van der Waals surface area contributed by atoms with Gasteiger partial charge in [0.1, 0.15) is 11.6 Å². The van der Waals surface area contributed by atoms with Gasteiger partial charge in [0.15, 0.2) is 0 Å². The lowest BCUT2D eigenvalue weighted by Crippen LogP contribution is -2.47. The zero-order valence-electron chi connectivity index (χ0n) is 13.3. The maximum absolute atomic E-state index is 13.7. The Balaban J connectivity index is 1.59. The SMILES string of the molecule is O=C(c1cc(F)ccc1F)N1CCC(C(=O)N2CCOCC2)CC1. The number of hydrogen-bond acceptors (Lipinski definition) is 3. The van der Waals surface area contributed by atoms with Crippen molar-refractivity contribution in [2.24, 2.45) is 5.92 Å². The van der Waals surface area contributed by atoms with Crippen molar-refractivity contribution < 1.29 is 23.1 Å². The zero-order valence-corrected chi connectivity index (χ0v) is 13.3. The summed E-state index contributed by atoms with van der Waals surface area (Å²) in [4.78, 5) is 28.1. The second-order valence-corrected chi connectivity index (χ2v) is 6.13. The van der Waals surface area contributed by atoms with Gasteiger partial charge in [0.2, 0.25) is 5.91 Å². The van der Waals surface area contributed by atoms with Gasteiger partial charge in [-0.15, -0.1) is 0 Å². The first-order chi connectivity index (χ1) is 11.6. The van der Waals surface area contributed by atoms with Crippen molar-refractivity contribution in [1.29, 1.82) is 0 Å². The maximum atomic E-state index is 13.7. The van der Waals surface area contributed by atoms with Crippen LogP contribution in [0, 0.1) is 17.6 Å². The highest BCUT2D eigenvalue weighted by Gasteiger charge is 2.31. The van der Waals surface area contributed by atoms with E-state index in [-0.39, 0.29) is 17.4 Å². The summed E-state index contributed by atoms with van der Waals surface area (Å²) in [6.45, 7) is 3.06. The zero-order chi connectivity index (χ0) is 17.1. The molecule has 2 saturated heterocycles. The predicted octanol–water partition coefficient (Wildman–Crippen LogP) is 1.68. The third-order valence-electron chi connectivity index (χ3n) is 4.61. The Hall–Kier alpha value is -2.02. The Morgan fingerprint density at radius 2 is 1.67 bits per heavy atom. The van der Waals surface area contributed by atoms with Crippen LogP contribution in [0.2, 0.25) is 0 Å². The molecule has 7 heteroatoms. The molecule has 0 N–H and O–H groups in total. The minimum Gasteiger partial charge on any atom is -0.378 e. The van der Waals surface area contributed by atoms with Gasteiger partial charge in [-0.1, -0.05) is 0 Å². The van der Waals surface area contributed by atoms with Crippen molar-refractivity contribution in [3.8, 4) is 0 Å². The topological polar surface area (TPSA) is 49.9 Å². The van der Waals surface area contributed by atoms with Crippen molar-refractivity contribution in [2.45, 2.75) is 12.8 Å². The molecule has 5 nitrogen and oxygen atoms in total. The number of amides is 2. The van der Waals surface area contributed by atoms with Crippen LogP contribution in [0.1, 0.15) is 23.2 Å². The number of hydrogen-bond donors (Lipinski definition) is 0. The average Bonchev–Trinajstić information content (AvgIpc) is 2.63. The van der Waals surface area contributed by atoms with Gasteiger partial charge in [0.05, 0.1) is 18.8 Å². The highest BCUT2D eigenvalue weighted by molar-refractivity contribution is 5.94. The molecular formula is C17H20F2N2O3. The lowest BCUT2D eigenvalue weighted by molar-refractivity contribution is -0.141. The second-order valence-electron chi connectivity index (χ2n) is 6.13. The van der Waals surface area contributed by atoms with E-state index in [1.165, 1.54) is 4.90 Å². The number of rotatable bonds is 2. The number of nitrogens with zero attached hydrogens (tertiary/aromatic N) is 2. The molecule has 2 aliphatic heterocycles. The highest BCUT2D eigenvalue weighted by atomic mass is 19.1. The Labute approximate surface area is 139 Å². The highest BCUT2D eigenvalue weighted by Crippen LogP contribution is 2.22. The van der Waals surface area contributed by atoms with Crippen LogP contribution in [0.5, 0.6) is 0 Å². The molecule has 3 rings (SSSR count). The number of carbonyl (C=O) groups is 2. The van der Waals surface area contributed by atoms with Crippen molar-refractivity contribution in [2.75, 3.05) is 39.4 Å². The third-order valence-corrected chi connectivity index (χ3v) is 4.61. The number of carbonyl (C=O) groups excluding carboxylic acids is 2. The van der Waals surface area contributed by atoms with Crippen molar-refractivity contribution in [3.05, 3.63) is 35.4 Å². The van der Waals surface area contributed by atoms with E-state index in [0.29, 0.717) is 52.2 Å². The minimum absolute atomic E-state index is 0.0994. The number of piperidine rings is 1. The van der Waals surface area contributed by atoms with E-state index in [1.807, 2.05) is 0 Å². The predicted molar refractivity (Wildman–Crippen MR) is 82.4 cm³/mol. The van der Waals surface area contributed by atoms with Gasteiger partial charge in [0.25, 0.3) is 5.91 Å². The fourth-order valence-electron chi connectivity index (χ4n) is 3.20. The molecule has 24 heavy (non-hydrogen) atoms. The summed E-state index contributed by atoms with van der Waals surface area (Å²) in [5.74, 6) is -1.92. The number of morpholine rings is 1. The summed E-state index contributed by atoms with van der Waals surface area (Å²) >= 11 is 0. The molecule has 0 bridgehead atoms. The van der Waals surface area contributed by atoms with Gasteiger partial charge in [-0.05, 0) is 31.0 Å². The van der Waals surface area contributed by atoms with Crippen LogP contribution in [-0.4, -0.2) is 61.0 Å². The fraction of sp³-hybridized carbons (Fsp3) is 0.529. The molecule has 2 heterocycles. The summed E-state index contributed by atoms with van der Waals surface area (Å²) in [6.07, 6.45) is 1.08. The molecule has 2 amide bonds. The van der Waals surface area contributed by atoms with Crippen molar-refractivity contribution >= 4 is 11.8 Å². The van der Waals surface area contributed by atoms with Crippen molar-refractivity contribution in [1.82, 2.24) is 9.80 Å². The van der Waals surface area contributed by atoms with E-state index < -0.39 is 17.5 Å². The molecule has 130 valence electrons. The number of benzene rings is 1. The van der Waals surface area contributed by atoms with Crippen LogP contribution in [0.25, 0.3) is 0 Å². The largest absolute Gasteiger partial charge is 0.378 e. The molecule has 2 aliphatic rings. The summed E-state index contributed by atoms with van der Waals surface area (Å²) in [5.41, 5.74) is -0.257. The molecular weight excluding hydrogens is 318 g/mol. The third kappa shape index (κ3) is 3.56. The number of halogens is 2. The van der Waals surface area contributed by atoms with Gasteiger partial charge < -0.3 is 14.5 Å². The van der Waals surface area contributed by atoms with Crippen LogP contribution in [0.15, 0.2) is 18.2 Å². The standard InChI is InChI=1S/C17H20F2N2O3/c18-13-1-2-15(19)14(11-13)17(23)20-5-3-12(4-6-20)16(22)21-7-9-24-10-8-21/h1-2,11-12H,3-10H2. The minimum atomic E-state index is -0.729. The van der Waals surface area contributed by atoms with Gasteiger partial charge in [-0.3, -0.25) is 9.59 Å². The first-order valence-corrected chi connectivity index (χ1v) is 8.17. The van der Waals surface area contributed by atoms with Crippen LogP contribution < -0.4 is 0 Å². The number of ether oxygens (including phenoxy) is 1. The van der Waals surface area contributed by atoms with E-state index >= 15 is 0 Å². The van der Waals surface area contributed by atoms with Gasteiger partial charge in [-0.2, -0.15) is 0 Å². The van der Waals surface area contributed by atoms with E-state index in [9.17, 15) is 18.4 Å². The normalized spacial score (nSPS) is 19.4. The van der Waals surface area contributed by atoms with E-state index in [2.05, 4.69) is 0 Å².